The summed E-state index contributed by atoms with van der Waals surface area (Å²) in [4.78, 5) is 12.9. The second kappa shape index (κ2) is 34.2. The van der Waals surface area contributed by atoms with E-state index in [-0.39, 0.29) is 12.5 Å². The van der Waals surface area contributed by atoms with Gasteiger partial charge in [0.2, 0.25) is 5.91 Å². The van der Waals surface area contributed by atoms with Crippen LogP contribution in [-0.4, -0.2) is 87.5 Å². The van der Waals surface area contributed by atoms with Crippen molar-refractivity contribution in [3.8, 4) is 0 Å². The minimum absolute atomic E-state index is 0.150. The van der Waals surface area contributed by atoms with Gasteiger partial charge in [-0.1, -0.05) is 141 Å². The van der Waals surface area contributed by atoms with Gasteiger partial charge in [-0.3, -0.25) is 4.79 Å². The van der Waals surface area contributed by atoms with Gasteiger partial charge >= 0.3 is 0 Å². The Morgan fingerprint density at radius 3 is 1.58 bits per heavy atom. The third kappa shape index (κ3) is 24.9. The average molecular weight is 740 g/mol. The Morgan fingerprint density at radius 2 is 1.08 bits per heavy atom. The lowest BCUT2D eigenvalue weighted by atomic mass is 9.99. The van der Waals surface area contributed by atoms with Crippen LogP contribution < -0.4 is 5.32 Å². The van der Waals surface area contributed by atoms with Crippen LogP contribution in [0.25, 0.3) is 0 Å². The Bertz CT molecular complexity index is 868. The molecular formula is C43H81NO8. The van der Waals surface area contributed by atoms with E-state index in [2.05, 4.69) is 43.5 Å². The molecule has 52 heavy (non-hydrogen) atoms. The van der Waals surface area contributed by atoms with E-state index < -0.39 is 49.5 Å². The number of ether oxygens (including phenoxy) is 2. The number of hydrogen-bond donors (Lipinski definition) is 6. The first-order valence-electron chi connectivity index (χ1n) is 21.5. The maximum atomic E-state index is 12.9. The number of carbonyl (C=O) groups is 1. The third-order valence-corrected chi connectivity index (χ3v) is 10.3. The highest BCUT2D eigenvalue weighted by Crippen LogP contribution is 2.23. The molecule has 9 nitrogen and oxygen atoms in total. The number of aliphatic hydroxyl groups excluding tert-OH is 5. The lowest BCUT2D eigenvalue weighted by molar-refractivity contribution is -0.302. The van der Waals surface area contributed by atoms with Gasteiger partial charge in [-0.2, -0.15) is 0 Å². The van der Waals surface area contributed by atoms with Gasteiger partial charge in [0.1, 0.15) is 24.4 Å². The maximum absolute atomic E-state index is 12.9. The summed E-state index contributed by atoms with van der Waals surface area (Å²) in [5.74, 6) is -0.159. The molecule has 0 aliphatic carbocycles. The molecule has 1 amide bonds. The van der Waals surface area contributed by atoms with E-state index in [4.69, 9.17) is 9.47 Å². The molecule has 0 aromatic heterocycles. The van der Waals surface area contributed by atoms with Crippen molar-refractivity contribution in [1.82, 2.24) is 5.32 Å². The van der Waals surface area contributed by atoms with E-state index in [1.54, 1.807) is 0 Å². The van der Waals surface area contributed by atoms with Crippen molar-refractivity contribution in [1.29, 1.82) is 0 Å². The zero-order chi connectivity index (χ0) is 38.1. The van der Waals surface area contributed by atoms with E-state index in [1.165, 1.54) is 116 Å². The fraction of sp³-hybridized carbons (Fsp3) is 0.884. The fourth-order valence-corrected chi connectivity index (χ4v) is 6.74. The molecule has 1 saturated heterocycles. The number of hydrogen-bond acceptors (Lipinski definition) is 8. The first-order valence-corrected chi connectivity index (χ1v) is 21.5. The quantitative estimate of drug-likeness (QED) is 0.0281. The normalized spacial score (nSPS) is 22.0. The van der Waals surface area contributed by atoms with Gasteiger partial charge in [0.05, 0.1) is 25.4 Å². The molecule has 1 fully saturated rings. The Labute approximate surface area is 318 Å². The molecule has 9 heteroatoms. The van der Waals surface area contributed by atoms with Crippen LogP contribution in [0.3, 0.4) is 0 Å². The van der Waals surface area contributed by atoms with Crippen molar-refractivity contribution in [3.05, 3.63) is 24.3 Å². The van der Waals surface area contributed by atoms with Crippen LogP contribution in [0, 0.1) is 0 Å². The monoisotopic (exact) mass is 740 g/mol. The van der Waals surface area contributed by atoms with E-state index in [1.807, 2.05) is 0 Å². The van der Waals surface area contributed by atoms with Gasteiger partial charge in [-0.25, -0.2) is 0 Å². The van der Waals surface area contributed by atoms with Crippen LogP contribution in [0.1, 0.15) is 187 Å². The number of carbonyl (C=O) groups excluding carboxylic acids is 1. The summed E-state index contributed by atoms with van der Waals surface area (Å²) in [5.41, 5.74) is 0. The molecule has 306 valence electrons. The highest BCUT2D eigenvalue weighted by molar-refractivity contribution is 5.76. The molecule has 0 saturated carbocycles. The predicted octanol–water partition coefficient (Wildman–Crippen LogP) is 8.33. The minimum Gasteiger partial charge on any atom is -0.394 e. The summed E-state index contributed by atoms with van der Waals surface area (Å²) in [5, 5.41) is 54.1. The van der Waals surface area contributed by atoms with E-state index in [0.717, 1.165) is 44.9 Å². The number of allylic oxidation sites excluding steroid dienone is 4. The second-order valence-corrected chi connectivity index (χ2v) is 15.1. The van der Waals surface area contributed by atoms with Gasteiger partial charge in [0.25, 0.3) is 0 Å². The maximum Gasteiger partial charge on any atom is 0.220 e. The molecule has 1 aliphatic heterocycles. The zero-order valence-electron chi connectivity index (χ0n) is 33.3. The molecule has 1 rings (SSSR count). The smallest absolute Gasteiger partial charge is 0.220 e. The lowest BCUT2D eigenvalue weighted by Crippen LogP contribution is -2.60. The second-order valence-electron chi connectivity index (χ2n) is 15.1. The van der Waals surface area contributed by atoms with Crippen LogP contribution in [0.15, 0.2) is 24.3 Å². The summed E-state index contributed by atoms with van der Waals surface area (Å²) in [7, 11) is 0. The summed E-state index contributed by atoms with van der Waals surface area (Å²) < 4.78 is 11.2. The van der Waals surface area contributed by atoms with Gasteiger partial charge < -0.3 is 40.3 Å². The highest BCUT2D eigenvalue weighted by atomic mass is 16.7. The number of amides is 1. The SMILES string of the molecule is CCCCCC/C=C/CCCC[C@@H](O)[C@H](CO[C@H]1O[C@@H](CO)[C@H](O)C(O)C1O)NC(=O)CCCCCCCCCCC/C=C/CCCCCCCC. The summed E-state index contributed by atoms with van der Waals surface area (Å²) in [6.45, 7) is 3.77. The molecule has 0 aromatic carbocycles. The predicted molar refractivity (Wildman–Crippen MR) is 212 cm³/mol. The number of aliphatic hydroxyl groups is 5. The molecule has 1 aliphatic rings. The van der Waals surface area contributed by atoms with Gasteiger partial charge in [-0.15, -0.1) is 0 Å². The third-order valence-electron chi connectivity index (χ3n) is 10.3. The number of unbranched alkanes of at least 4 members (excludes halogenated alkanes) is 21. The molecule has 2 unspecified atom stereocenters. The van der Waals surface area contributed by atoms with Gasteiger partial charge in [0.15, 0.2) is 6.29 Å². The van der Waals surface area contributed by atoms with Crippen LogP contribution >= 0.6 is 0 Å². The first kappa shape index (κ1) is 48.7. The molecule has 0 bridgehead atoms. The molecule has 0 spiro atoms. The van der Waals surface area contributed by atoms with E-state index >= 15 is 0 Å². The van der Waals surface area contributed by atoms with Crippen LogP contribution in [0.5, 0.6) is 0 Å². The highest BCUT2D eigenvalue weighted by Gasteiger charge is 2.44. The number of nitrogens with one attached hydrogen (secondary N) is 1. The Hall–Kier alpha value is -1.33. The zero-order valence-corrected chi connectivity index (χ0v) is 33.3. The molecule has 7 atom stereocenters. The Kier molecular flexibility index (Phi) is 32.0. The molecule has 1 heterocycles. The van der Waals surface area contributed by atoms with Crippen molar-refractivity contribution in [2.75, 3.05) is 13.2 Å². The summed E-state index contributed by atoms with van der Waals surface area (Å²) >= 11 is 0. The van der Waals surface area contributed by atoms with Crippen LogP contribution in [0.4, 0.5) is 0 Å². The minimum atomic E-state index is -1.56. The molecular weight excluding hydrogens is 658 g/mol. The van der Waals surface area contributed by atoms with Crippen molar-refractivity contribution in [2.24, 2.45) is 0 Å². The fourth-order valence-electron chi connectivity index (χ4n) is 6.74. The number of rotatable bonds is 35. The lowest BCUT2D eigenvalue weighted by Gasteiger charge is -2.40. The van der Waals surface area contributed by atoms with Crippen LogP contribution in [0.2, 0.25) is 0 Å². The Morgan fingerprint density at radius 1 is 0.635 bits per heavy atom. The first-order chi connectivity index (χ1) is 25.3. The summed E-state index contributed by atoms with van der Waals surface area (Å²) in [6, 6.07) is -0.732. The summed E-state index contributed by atoms with van der Waals surface area (Å²) in [6.07, 6.45) is 31.9. The molecule has 0 radical (unpaired) electrons. The van der Waals surface area contributed by atoms with E-state index in [9.17, 15) is 30.3 Å². The standard InChI is InChI=1S/C43H81NO8/c1-3-5-7-9-11-13-15-16-17-18-19-20-21-22-23-25-27-29-31-33-39(47)44-36(35-51-43-42(50)41(49)40(48)38(34-45)52-43)37(46)32-30-28-26-24-14-12-10-8-6-4-2/h14,16-17,24,36-38,40-43,45-46,48-50H,3-13,15,18-23,25-35H2,1-2H3,(H,44,47)/b17-16+,24-14+/t36-,37+,38-,40-,41?,42?,43-/m0/s1. The Balaban J connectivity index is 2.32. The average Bonchev–Trinajstić information content (AvgIpc) is 3.14. The topological polar surface area (TPSA) is 149 Å². The van der Waals surface area contributed by atoms with Gasteiger partial charge in [-0.05, 0) is 64.2 Å². The van der Waals surface area contributed by atoms with Crippen LogP contribution in [-0.2, 0) is 14.3 Å². The van der Waals surface area contributed by atoms with Crippen molar-refractivity contribution >= 4 is 5.91 Å². The van der Waals surface area contributed by atoms with Crippen molar-refractivity contribution < 1.29 is 39.8 Å². The largest absolute Gasteiger partial charge is 0.394 e. The molecule has 0 aromatic rings. The van der Waals surface area contributed by atoms with E-state index in [0.29, 0.717) is 12.8 Å². The van der Waals surface area contributed by atoms with Crippen molar-refractivity contribution in [3.63, 3.8) is 0 Å². The molecule has 6 N–H and O–H groups in total. The van der Waals surface area contributed by atoms with Gasteiger partial charge in [0, 0.05) is 6.42 Å². The van der Waals surface area contributed by atoms with Crippen molar-refractivity contribution in [2.45, 2.75) is 230 Å².